The Morgan fingerprint density at radius 1 is 1.18 bits per heavy atom. The van der Waals surface area contributed by atoms with E-state index < -0.39 is 6.10 Å². The maximum Gasteiger partial charge on any atom is 0.265 e. The molecule has 0 bridgehead atoms. The first-order chi connectivity index (χ1) is 10.6. The normalized spacial score (nSPS) is 17.6. The molecule has 1 amide bonds. The summed E-state index contributed by atoms with van der Waals surface area (Å²) in [7, 11) is 0. The standard InChI is InChI=1S/C17H16FNO3/c1-11(12-6-8-13(18)9-7-12)19-17(20)16-10-21-14-4-2-3-5-15(14)22-16/h2-9,11,16H,10H2,1H3,(H,19,20)/t11-,16+/m0/s1. The molecular formula is C17H16FNO3. The van der Waals surface area contributed by atoms with E-state index in [0.29, 0.717) is 11.5 Å². The number of carbonyl (C=O) groups is 1. The van der Waals surface area contributed by atoms with Gasteiger partial charge in [-0.2, -0.15) is 0 Å². The fourth-order valence-electron chi connectivity index (χ4n) is 2.29. The lowest BCUT2D eigenvalue weighted by atomic mass is 10.1. The molecule has 0 aliphatic carbocycles. The van der Waals surface area contributed by atoms with Gasteiger partial charge in [0.05, 0.1) is 6.04 Å². The molecule has 0 unspecified atom stereocenters. The zero-order valence-corrected chi connectivity index (χ0v) is 12.1. The third-order valence-corrected chi connectivity index (χ3v) is 3.53. The van der Waals surface area contributed by atoms with Crippen molar-refractivity contribution < 1.29 is 18.7 Å². The molecule has 2 atom stereocenters. The second-order valence-electron chi connectivity index (χ2n) is 5.15. The summed E-state index contributed by atoms with van der Waals surface area (Å²) in [5.74, 6) is 0.635. The summed E-state index contributed by atoms with van der Waals surface area (Å²) in [5, 5.41) is 2.85. The molecular weight excluding hydrogens is 285 g/mol. The van der Waals surface area contributed by atoms with Gasteiger partial charge in [0.2, 0.25) is 6.10 Å². The van der Waals surface area contributed by atoms with Gasteiger partial charge in [0.15, 0.2) is 11.5 Å². The minimum Gasteiger partial charge on any atom is -0.485 e. The van der Waals surface area contributed by atoms with Gasteiger partial charge in [-0.3, -0.25) is 4.79 Å². The number of nitrogens with one attached hydrogen (secondary N) is 1. The van der Waals surface area contributed by atoms with Gasteiger partial charge in [0.25, 0.3) is 5.91 Å². The van der Waals surface area contributed by atoms with Crippen LogP contribution in [0.2, 0.25) is 0 Å². The van der Waals surface area contributed by atoms with Crippen molar-refractivity contribution in [3.63, 3.8) is 0 Å². The van der Waals surface area contributed by atoms with Gasteiger partial charge in [-0.05, 0) is 36.8 Å². The molecule has 3 rings (SSSR count). The molecule has 2 aromatic rings. The van der Waals surface area contributed by atoms with Gasteiger partial charge in [-0.25, -0.2) is 4.39 Å². The van der Waals surface area contributed by atoms with Gasteiger partial charge < -0.3 is 14.8 Å². The third-order valence-electron chi connectivity index (χ3n) is 3.53. The van der Waals surface area contributed by atoms with E-state index in [2.05, 4.69) is 5.32 Å². The van der Waals surface area contributed by atoms with Crippen molar-refractivity contribution in [3.05, 3.63) is 59.9 Å². The van der Waals surface area contributed by atoms with E-state index in [1.54, 1.807) is 24.3 Å². The van der Waals surface area contributed by atoms with Crippen molar-refractivity contribution in [1.82, 2.24) is 5.32 Å². The highest BCUT2D eigenvalue weighted by Crippen LogP contribution is 2.31. The van der Waals surface area contributed by atoms with E-state index in [4.69, 9.17) is 9.47 Å². The Morgan fingerprint density at radius 2 is 1.86 bits per heavy atom. The van der Waals surface area contributed by atoms with Crippen LogP contribution in [0.1, 0.15) is 18.5 Å². The van der Waals surface area contributed by atoms with Crippen LogP contribution in [0.15, 0.2) is 48.5 Å². The zero-order chi connectivity index (χ0) is 15.5. The summed E-state index contributed by atoms with van der Waals surface area (Å²) in [4.78, 5) is 12.3. The predicted molar refractivity (Wildman–Crippen MR) is 79.3 cm³/mol. The summed E-state index contributed by atoms with van der Waals surface area (Å²) in [5.41, 5.74) is 0.826. The molecule has 0 radical (unpaired) electrons. The largest absolute Gasteiger partial charge is 0.485 e. The van der Waals surface area contributed by atoms with Crippen LogP contribution < -0.4 is 14.8 Å². The molecule has 1 aliphatic rings. The van der Waals surface area contributed by atoms with Gasteiger partial charge in [-0.15, -0.1) is 0 Å². The van der Waals surface area contributed by atoms with E-state index in [1.807, 2.05) is 19.1 Å². The average Bonchev–Trinajstić information content (AvgIpc) is 2.55. The highest BCUT2D eigenvalue weighted by atomic mass is 19.1. The number of hydrogen-bond donors (Lipinski definition) is 1. The zero-order valence-electron chi connectivity index (χ0n) is 12.1. The van der Waals surface area contributed by atoms with Crippen LogP contribution in [0.4, 0.5) is 4.39 Å². The Morgan fingerprint density at radius 3 is 2.59 bits per heavy atom. The number of ether oxygens (including phenoxy) is 2. The quantitative estimate of drug-likeness (QED) is 0.948. The SMILES string of the molecule is C[C@H](NC(=O)[C@H]1COc2ccccc2O1)c1ccc(F)cc1. The number of halogens is 1. The van der Waals surface area contributed by atoms with E-state index in [-0.39, 0.29) is 24.4 Å². The first-order valence-electron chi connectivity index (χ1n) is 7.08. The number of para-hydroxylation sites is 2. The van der Waals surface area contributed by atoms with Crippen molar-refractivity contribution in [3.8, 4) is 11.5 Å². The fraction of sp³-hybridized carbons (Fsp3) is 0.235. The number of fused-ring (bicyclic) bond motifs is 1. The molecule has 114 valence electrons. The highest BCUT2D eigenvalue weighted by Gasteiger charge is 2.28. The lowest BCUT2D eigenvalue weighted by molar-refractivity contribution is -0.131. The average molecular weight is 301 g/mol. The van der Waals surface area contributed by atoms with Crippen LogP contribution in [0.5, 0.6) is 11.5 Å². The maximum atomic E-state index is 12.9. The Balaban J connectivity index is 1.64. The lowest BCUT2D eigenvalue weighted by Gasteiger charge is -2.26. The first-order valence-corrected chi connectivity index (χ1v) is 7.08. The molecule has 0 saturated heterocycles. The van der Waals surface area contributed by atoms with Crippen LogP contribution in [-0.4, -0.2) is 18.6 Å². The Bertz CT molecular complexity index is 672. The summed E-state index contributed by atoms with van der Waals surface area (Å²) >= 11 is 0. The van der Waals surface area contributed by atoms with Crippen molar-refractivity contribution in [2.75, 3.05) is 6.61 Å². The lowest BCUT2D eigenvalue weighted by Crippen LogP contribution is -2.44. The van der Waals surface area contributed by atoms with Crippen LogP contribution in [0.3, 0.4) is 0 Å². The Hall–Kier alpha value is -2.56. The van der Waals surface area contributed by atoms with E-state index in [1.165, 1.54) is 12.1 Å². The van der Waals surface area contributed by atoms with Crippen LogP contribution in [0, 0.1) is 5.82 Å². The Labute approximate surface area is 127 Å². The molecule has 0 spiro atoms. The third kappa shape index (κ3) is 3.03. The smallest absolute Gasteiger partial charge is 0.265 e. The number of carbonyl (C=O) groups excluding carboxylic acids is 1. The minimum atomic E-state index is -0.696. The summed E-state index contributed by atoms with van der Waals surface area (Å²) in [6.45, 7) is 2.00. The number of hydrogen-bond acceptors (Lipinski definition) is 3. The molecule has 22 heavy (non-hydrogen) atoms. The number of benzene rings is 2. The maximum absolute atomic E-state index is 12.9. The van der Waals surface area contributed by atoms with Crippen molar-refractivity contribution in [2.45, 2.75) is 19.1 Å². The molecule has 0 saturated carbocycles. The fourth-order valence-corrected chi connectivity index (χ4v) is 2.29. The summed E-state index contributed by atoms with van der Waals surface area (Å²) in [6, 6.07) is 13.0. The summed E-state index contributed by atoms with van der Waals surface area (Å²) < 4.78 is 24.1. The summed E-state index contributed by atoms with van der Waals surface area (Å²) in [6.07, 6.45) is -0.696. The second kappa shape index (κ2) is 6.05. The molecule has 0 fully saturated rings. The van der Waals surface area contributed by atoms with Crippen LogP contribution in [-0.2, 0) is 4.79 Å². The van der Waals surface area contributed by atoms with E-state index in [0.717, 1.165) is 5.56 Å². The molecule has 2 aromatic carbocycles. The minimum absolute atomic E-state index is 0.166. The van der Waals surface area contributed by atoms with Crippen LogP contribution >= 0.6 is 0 Å². The topological polar surface area (TPSA) is 47.6 Å². The van der Waals surface area contributed by atoms with Crippen LogP contribution in [0.25, 0.3) is 0 Å². The van der Waals surface area contributed by atoms with Gasteiger partial charge in [0, 0.05) is 0 Å². The van der Waals surface area contributed by atoms with Crippen molar-refractivity contribution >= 4 is 5.91 Å². The van der Waals surface area contributed by atoms with E-state index in [9.17, 15) is 9.18 Å². The predicted octanol–water partition coefficient (Wildman–Crippen LogP) is 2.84. The molecule has 1 N–H and O–H groups in total. The highest BCUT2D eigenvalue weighted by molar-refractivity contribution is 5.82. The van der Waals surface area contributed by atoms with Gasteiger partial charge in [0.1, 0.15) is 12.4 Å². The van der Waals surface area contributed by atoms with Gasteiger partial charge in [-0.1, -0.05) is 24.3 Å². The second-order valence-corrected chi connectivity index (χ2v) is 5.15. The monoisotopic (exact) mass is 301 g/mol. The molecule has 4 nitrogen and oxygen atoms in total. The molecule has 0 aromatic heterocycles. The Kier molecular flexibility index (Phi) is 3.96. The van der Waals surface area contributed by atoms with Crippen molar-refractivity contribution in [1.29, 1.82) is 0 Å². The van der Waals surface area contributed by atoms with Crippen molar-refractivity contribution in [2.24, 2.45) is 0 Å². The molecule has 1 aliphatic heterocycles. The van der Waals surface area contributed by atoms with E-state index >= 15 is 0 Å². The number of rotatable bonds is 3. The number of amides is 1. The first kappa shape index (κ1) is 14.4. The van der Waals surface area contributed by atoms with Gasteiger partial charge >= 0.3 is 0 Å². The molecule has 1 heterocycles. The molecule has 5 heteroatoms.